The van der Waals surface area contributed by atoms with E-state index < -0.39 is 13.2 Å². The van der Waals surface area contributed by atoms with Crippen LogP contribution < -0.4 is 16.3 Å². The van der Waals surface area contributed by atoms with Crippen molar-refractivity contribution in [3.8, 4) is 0 Å². The van der Waals surface area contributed by atoms with Crippen molar-refractivity contribution in [2.45, 2.75) is 12.5 Å². The van der Waals surface area contributed by atoms with Crippen LogP contribution in [0.25, 0.3) is 0 Å². The summed E-state index contributed by atoms with van der Waals surface area (Å²) in [6, 6.07) is 0.308. The van der Waals surface area contributed by atoms with Crippen molar-refractivity contribution in [3.05, 3.63) is 0 Å². The number of carbonyl (C=O) groups is 1. The molecule has 0 bridgehead atoms. The minimum atomic E-state index is -1.52. The highest BCUT2D eigenvalue weighted by Gasteiger charge is 2.17. The molecule has 1 rings (SSSR count). The van der Waals surface area contributed by atoms with Gasteiger partial charge in [-0.1, -0.05) is 0 Å². The fraction of sp³-hybridized carbons (Fsp3) is 0.833. The second kappa shape index (κ2) is 5.18. The summed E-state index contributed by atoms with van der Waals surface area (Å²) in [6.45, 7) is 1.91. The highest BCUT2D eigenvalue weighted by molar-refractivity contribution is 6.41. The average Bonchev–Trinajstić information content (AvgIpc) is 2.51. The van der Waals surface area contributed by atoms with E-state index in [-0.39, 0.29) is 6.54 Å². The predicted molar refractivity (Wildman–Crippen MR) is 47.5 cm³/mol. The van der Waals surface area contributed by atoms with E-state index in [1.165, 1.54) is 0 Å². The first-order valence-corrected chi connectivity index (χ1v) is 4.25. The smallest absolute Gasteiger partial charge is 0.495 e. The van der Waals surface area contributed by atoms with Gasteiger partial charge >= 0.3 is 13.2 Å². The number of rotatable bonds is 4. The predicted octanol–water partition coefficient (Wildman–Crippen LogP) is -2.58. The minimum Gasteiger partial charge on any atom is -0.495 e. The molecule has 6 nitrogen and oxygen atoms in total. The Bertz CT molecular complexity index is 173. The summed E-state index contributed by atoms with van der Waals surface area (Å²) in [6.07, 6.45) is 0.998. The Hall–Kier alpha value is -0.625. The molecule has 0 spiro atoms. The highest BCUT2D eigenvalue weighted by atomic mass is 16.6. The van der Waals surface area contributed by atoms with Gasteiger partial charge in [0, 0.05) is 12.6 Å². The Labute approximate surface area is 77.0 Å². The second-order valence-electron chi connectivity index (χ2n) is 2.95. The monoisotopic (exact) mass is 187 g/mol. The molecule has 0 amide bonds. The van der Waals surface area contributed by atoms with Crippen LogP contribution in [0.1, 0.15) is 6.42 Å². The van der Waals surface area contributed by atoms with Gasteiger partial charge in [-0.25, -0.2) is 0 Å². The Balaban J connectivity index is 2.07. The Morgan fingerprint density at radius 3 is 3.15 bits per heavy atom. The molecule has 1 unspecified atom stereocenters. The van der Waals surface area contributed by atoms with E-state index in [1.54, 1.807) is 0 Å². The maximum absolute atomic E-state index is 10.9. The average molecular weight is 187 g/mol. The van der Waals surface area contributed by atoms with Gasteiger partial charge in [-0.05, 0) is 13.0 Å². The first kappa shape index (κ1) is 10.5. The van der Waals surface area contributed by atoms with Crippen LogP contribution in [-0.4, -0.2) is 43.9 Å². The molecule has 1 atom stereocenters. The van der Waals surface area contributed by atoms with Gasteiger partial charge in [0.2, 0.25) is 0 Å². The van der Waals surface area contributed by atoms with Crippen molar-refractivity contribution >= 4 is 13.2 Å². The van der Waals surface area contributed by atoms with Crippen molar-refractivity contribution in [2.75, 3.05) is 19.6 Å². The van der Waals surface area contributed by atoms with Crippen molar-refractivity contribution in [1.29, 1.82) is 0 Å². The molecule has 1 fully saturated rings. The van der Waals surface area contributed by atoms with Crippen LogP contribution in [0.2, 0.25) is 0 Å². The zero-order valence-electron chi connectivity index (χ0n) is 7.32. The third kappa shape index (κ3) is 4.23. The Kier molecular flexibility index (Phi) is 4.17. The lowest BCUT2D eigenvalue weighted by Gasteiger charge is -2.10. The van der Waals surface area contributed by atoms with Crippen molar-refractivity contribution in [1.82, 2.24) is 10.6 Å². The number of nitrogens with two attached hydrogens (primary N) is 1. The highest BCUT2D eigenvalue weighted by Crippen LogP contribution is 1.95. The standard InChI is InChI=1S/C6H14BN3O3/c8-7(12)13-6(11)4-10-5-1-2-9-3-5/h5,9-10,12H,1-4,8H2. The minimum absolute atomic E-state index is 0.0839. The van der Waals surface area contributed by atoms with Crippen LogP contribution in [0, 0.1) is 0 Å². The van der Waals surface area contributed by atoms with E-state index in [0.717, 1.165) is 19.5 Å². The molecule has 0 aromatic carbocycles. The zero-order chi connectivity index (χ0) is 9.68. The molecular formula is C6H14BN3O3. The van der Waals surface area contributed by atoms with E-state index in [9.17, 15) is 4.79 Å². The molecule has 0 saturated carbocycles. The summed E-state index contributed by atoms with van der Waals surface area (Å²) < 4.78 is 4.32. The molecule has 0 aromatic rings. The number of nitrogens with one attached hydrogen (secondary N) is 2. The molecule has 1 aliphatic heterocycles. The fourth-order valence-electron chi connectivity index (χ4n) is 1.23. The summed E-state index contributed by atoms with van der Waals surface area (Å²) in [5, 5.41) is 14.6. The first-order valence-electron chi connectivity index (χ1n) is 4.25. The van der Waals surface area contributed by atoms with E-state index in [2.05, 4.69) is 15.3 Å². The number of hydrogen-bond acceptors (Lipinski definition) is 6. The molecule has 0 radical (unpaired) electrons. The lowest BCUT2D eigenvalue weighted by Crippen LogP contribution is -2.40. The van der Waals surface area contributed by atoms with E-state index >= 15 is 0 Å². The SMILES string of the molecule is NB(O)OC(=O)CNC1CCNC1. The largest absolute Gasteiger partial charge is 0.622 e. The van der Waals surface area contributed by atoms with E-state index in [1.807, 2.05) is 0 Å². The summed E-state index contributed by atoms with van der Waals surface area (Å²) in [5.74, 6) is -0.540. The maximum Gasteiger partial charge on any atom is 0.622 e. The van der Waals surface area contributed by atoms with Crippen LogP contribution in [0.5, 0.6) is 0 Å². The molecule has 1 saturated heterocycles. The molecule has 0 aliphatic carbocycles. The van der Waals surface area contributed by atoms with E-state index in [0.29, 0.717) is 6.04 Å². The molecular weight excluding hydrogens is 173 g/mol. The zero-order valence-corrected chi connectivity index (χ0v) is 7.32. The molecule has 5 N–H and O–H groups in total. The Morgan fingerprint density at radius 2 is 2.62 bits per heavy atom. The van der Waals surface area contributed by atoms with Crippen LogP contribution >= 0.6 is 0 Å². The summed E-state index contributed by atoms with van der Waals surface area (Å²) in [4.78, 5) is 10.9. The molecule has 1 heterocycles. The van der Waals surface area contributed by atoms with Crippen LogP contribution in [0.15, 0.2) is 0 Å². The summed E-state index contributed by atoms with van der Waals surface area (Å²) in [7, 11) is -1.52. The molecule has 74 valence electrons. The van der Waals surface area contributed by atoms with Crippen molar-refractivity contribution < 1.29 is 14.5 Å². The summed E-state index contributed by atoms with van der Waals surface area (Å²) in [5.41, 5.74) is 4.85. The van der Waals surface area contributed by atoms with Gasteiger partial charge in [0.05, 0.1) is 6.54 Å². The van der Waals surface area contributed by atoms with Gasteiger partial charge in [0.25, 0.3) is 0 Å². The third-order valence-corrected chi connectivity index (χ3v) is 1.85. The van der Waals surface area contributed by atoms with E-state index in [4.69, 9.17) is 10.7 Å². The molecule has 13 heavy (non-hydrogen) atoms. The van der Waals surface area contributed by atoms with Gasteiger partial charge in [-0.15, -0.1) is 0 Å². The van der Waals surface area contributed by atoms with Crippen LogP contribution in [-0.2, 0) is 9.45 Å². The second-order valence-corrected chi connectivity index (χ2v) is 2.95. The van der Waals surface area contributed by atoms with Gasteiger partial charge in [-0.2, -0.15) is 0 Å². The molecule has 7 heteroatoms. The van der Waals surface area contributed by atoms with Crippen LogP contribution in [0.3, 0.4) is 0 Å². The van der Waals surface area contributed by atoms with Gasteiger partial charge < -0.3 is 26.0 Å². The topological polar surface area (TPSA) is 96.6 Å². The lowest BCUT2D eigenvalue weighted by atomic mass is 10.2. The number of hydrogen-bond donors (Lipinski definition) is 4. The van der Waals surface area contributed by atoms with Gasteiger partial charge in [0.15, 0.2) is 0 Å². The number of carbonyl (C=O) groups excluding carboxylic acids is 1. The summed E-state index contributed by atoms with van der Waals surface area (Å²) >= 11 is 0. The maximum atomic E-state index is 10.9. The quantitative estimate of drug-likeness (QED) is 0.361. The van der Waals surface area contributed by atoms with Gasteiger partial charge in [-0.3, -0.25) is 4.79 Å². The fourth-order valence-corrected chi connectivity index (χ4v) is 1.23. The first-order chi connectivity index (χ1) is 6.18. The molecule has 0 aromatic heterocycles. The van der Waals surface area contributed by atoms with Gasteiger partial charge in [0.1, 0.15) is 0 Å². The Morgan fingerprint density at radius 1 is 1.85 bits per heavy atom. The normalized spacial score (nSPS) is 21.5. The van der Waals surface area contributed by atoms with Crippen LogP contribution in [0.4, 0.5) is 0 Å². The van der Waals surface area contributed by atoms with Crippen molar-refractivity contribution in [3.63, 3.8) is 0 Å². The van der Waals surface area contributed by atoms with Crippen molar-refractivity contribution in [2.24, 2.45) is 5.64 Å². The lowest BCUT2D eigenvalue weighted by molar-refractivity contribution is -0.134. The molecule has 1 aliphatic rings. The third-order valence-electron chi connectivity index (χ3n) is 1.85.